The molecule has 0 saturated heterocycles. The van der Waals surface area contributed by atoms with Crippen molar-refractivity contribution in [2.45, 2.75) is 19.9 Å². The van der Waals surface area contributed by atoms with Crippen molar-refractivity contribution in [3.8, 4) is 0 Å². The van der Waals surface area contributed by atoms with Crippen LogP contribution in [-0.2, 0) is 0 Å². The van der Waals surface area contributed by atoms with E-state index in [9.17, 15) is 4.79 Å². The predicted molar refractivity (Wildman–Crippen MR) is 99.9 cm³/mol. The summed E-state index contributed by atoms with van der Waals surface area (Å²) >= 11 is 0. The number of aromatic nitrogens is 2. The number of hydrogen-bond acceptors (Lipinski definition) is 4. The predicted octanol–water partition coefficient (Wildman–Crippen LogP) is 3.73. The standard InChI is InChI=1S/C20H20N4O/c1-13(2)18-12-24(19-6-4-3-5-16(19)23-18)20(25)14-7-8-15-17(11-14)22-10-9-21-15/h3-11,13,18,23H,12H2,1-2H3/t18-/m1/s1. The fourth-order valence-electron chi connectivity index (χ4n) is 3.19. The maximum atomic E-state index is 13.2. The molecule has 0 unspecified atom stereocenters. The highest BCUT2D eigenvalue weighted by atomic mass is 16.2. The van der Waals surface area contributed by atoms with Crippen LogP contribution in [0.5, 0.6) is 0 Å². The lowest BCUT2D eigenvalue weighted by Gasteiger charge is -2.37. The third-order valence-corrected chi connectivity index (χ3v) is 4.68. The van der Waals surface area contributed by atoms with Gasteiger partial charge in [0.25, 0.3) is 5.91 Å². The van der Waals surface area contributed by atoms with Crippen molar-refractivity contribution in [3.05, 3.63) is 60.4 Å². The number of para-hydroxylation sites is 2. The molecule has 0 spiro atoms. The average molecular weight is 332 g/mol. The quantitative estimate of drug-likeness (QED) is 0.777. The lowest BCUT2D eigenvalue weighted by molar-refractivity contribution is 0.0984. The molecule has 1 aliphatic heterocycles. The minimum absolute atomic E-state index is 0.00727. The zero-order valence-electron chi connectivity index (χ0n) is 14.3. The normalized spacial score (nSPS) is 16.6. The summed E-state index contributed by atoms with van der Waals surface area (Å²) < 4.78 is 0. The van der Waals surface area contributed by atoms with E-state index in [-0.39, 0.29) is 11.9 Å². The Morgan fingerprint density at radius 1 is 1.12 bits per heavy atom. The van der Waals surface area contributed by atoms with Gasteiger partial charge in [0, 0.05) is 30.5 Å². The van der Waals surface area contributed by atoms with Crippen molar-refractivity contribution in [3.63, 3.8) is 0 Å². The van der Waals surface area contributed by atoms with Crippen LogP contribution in [0.15, 0.2) is 54.9 Å². The van der Waals surface area contributed by atoms with E-state index in [2.05, 4.69) is 29.1 Å². The summed E-state index contributed by atoms with van der Waals surface area (Å²) in [5, 5.41) is 3.55. The van der Waals surface area contributed by atoms with Gasteiger partial charge < -0.3 is 10.2 Å². The number of benzene rings is 2. The Balaban J connectivity index is 1.74. The first kappa shape index (κ1) is 15.6. The zero-order valence-corrected chi connectivity index (χ0v) is 14.3. The van der Waals surface area contributed by atoms with E-state index < -0.39 is 0 Å². The minimum Gasteiger partial charge on any atom is -0.379 e. The molecule has 5 nitrogen and oxygen atoms in total. The van der Waals surface area contributed by atoms with Crippen molar-refractivity contribution in [1.82, 2.24) is 9.97 Å². The van der Waals surface area contributed by atoms with Crippen molar-refractivity contribution in [2.75, 3.05) is 16.8 Å². The van der Waals surface area contributed by atoms with E-state index in [4.69, 9.17) is 0 Å². The Hall–Kier alpha value is -2.95. The van der Waals surface area contributed by atoms with E-state index in [1.807, 2.05) is 47.4 Å². The van der Waals surface area contributed by atoms with Crippen LogP contribution in [-0.4, -0.2) is 28.5 Å². The molecule has 0 bridgehead atoms. The summed E-state index contributed by atoms with van der Waals surface area (Å²) in [4.78, 5) is 23.7. The maximum Gasteiger partial charge on any atom is 0.258 e. The molecule has 1 atom stereocenters. The van der Waals surface area contributed by atoms with Gasteiger partial charge in [-0.25, -0.2) is 0 Å². The fraction of sp³-hybridized carbons (Fsp3) is 0.250. The number of anilines is 2. The summed E-state index contributed by atoms with van der Waals surface area (Å²) in [5.74, 6) is 0.415. The number of carbonyl (C=O) groups excluding carboxylic acids is 1. The van der Waals surface area contributed by atoms with E-state index in [1.165, 1.54) is 0 Å². The number of hydrogen-bond donors (Lipinski definition) is 1. The van der Waals surface area contributed by atoms with Crippen LogP contribution in [0.2, 0.25) is 0 Å². The molecule has 5 heteroatoms. The van der Waals surface area contributed by atoms with Crippen LogP contribution in [0.3, 0.4) is 0 Å². The molecule has 1 N–H and O–H groups in total. The smallest absolute Gasteiger partial charge is 0.258 e. The van der Waals surface area contributed by atoms with Crippen molar-refractivity contribution in [1.29, 1.82) is 0 Å². The monoisotopic (exact) mass is 332 g/mol. The van der Waals surface area contributed by atoms with Gasteiger partial charge in [0.05, 0.1) is 22.4 Å². The van der Waals surface area contributed by atoms with Crippen molar-refractivity contribution < 1.29 is 4.79 Å². The van der Waals surface area contributed by atoms with E-state index in [0.29, 0.717) is 18.0 Å². The minimum atomic E-state index is -0.00727. The Labute approximate surface area is 146 Å². The first-order valence-corrected chi connectivity index (χ1v) is 8.51. The van der Waals surface area contributed by atoms with E-state index >= 15 is 0 Å². The molecule has 1 aromatic heterocycles. The van der Waals surface area contributed by atoms with Crippen molar-refractivity contribution >= 4 is 28.3 Å². The maximum absolute atomic E-state index is 13.2. The molecule has 2 heterocycles. The third kappa shape index (κ3) is 2.82. The van der Waals surface area contributed by atoms with Crippen LogP contribution < -0.4 is 10.2 Å². The highest BCUT2D eigenvalue weighted by Crippen LogP contribution is 2.33. The van der Waals surface area contributed by atoms with Gasteiger partial charge in [0.15, 0.2) is 0 Å². The Morgan fingerprint density at radius 3 is 2.68 bits per heavy atom. The van der Waals surface area contributed by atoms with Crippen LogP contribution in [0.25, 0.3) is 11.0 Å². The molecular formula is C20H20N4O. The van der Waals surface area contributed by atoms with Gasteiger partial charge in [-0.3, -0.25) is 14.8 Å². The fourth-order valence-corrected chi connectivity index (χ4v) is 3.19. The summed E-state index contributed by atoms with van der Waals surface area (Å²) in [6.45, 7) is 4.98. The van der Waals surface area contributed by atoms with Crippen LogP contribution >= 0.6 is 0 Å². The molecule has 1 aliphatic rings. The summed E-state index contributed by atoms with van der Waals surface area (Å²) in [6, 6.07) is 13.7. The van der Waals surface area contributed by atoms with E-state index in [1.54, 1.807) is 12.4 Å². The Kier molecular flexibility index (Phi) is 3.84. The number of rotatable bonds is 2. The number of fused-ring (bicyclic) bond motifs is 2. The van der Waals surface area contributed by atoms with Gasteiger partial charge in [-0.1, -0.05) is 26.0 Å². The summed E-state index contributed by atoms with van der Waals surface area (Å²) in [7, 11) is 0. The molecule has 25 heavy (non-hydrogen) atoms. The first-order chi connectivity index (χ1) is 12.1. The largest absolute Gasteiger partial charge is 0.379 e. The van der Waals surface area contributed by atoms with Crippen LogP contribution in [0, 0.1) is 5.92 Å². The van der Waals surface area contributed by atoms with Crippen LogP contribution in [0.1, 0.15) is 24.2 Å². The number of carbonyl (C=O) groups is 1. The molecule has 1 amide bonds. The zero-order chi connectivity index (χ0) is 17.4. The lowest BCUT2D eigenvalue weighted by Crippen LogP contribution is -2.47. The lowest BCUT2D eigenvalue weighted by atomic mass is 9.99. The van der Waals surface area contributed by atoms with Gasteiger partial charge in [-0.2, -0.15) is 0 Å². The molecular weight excluding hydrogens is 312 g/mol. The molecule has 0 fully saturated rings. The SMILES string of the molecule is CC(C)[C@H]1CN(C(=O)c2ccc3nccnc3c2)c2ccccc2N1. The van der Waals surface area contributed by atoms with Crippen molar-refractivity contribution in [2.24, 2.45) is 5.92 Å². The molecule has 126 valence electrons. The second kappa shape index (κ2) is 6.16. The topological polar surface area (TPSA) is 58.1 Å². The molecule has 4 rings (SSSR count). The second-order valence-electron chi connectivity index (χ2n) is 6.69. The van der Waals surface area contributed by atoms with Gasteiger partial charge in [0.1, 0.15) is 0 Å². The van der Waals surface area contributed by atoms with Gasteiger partial charge in [-0.05, 0) is 36.2 Å². The Morgan fingerprint density at radius 2 is 1.88 bits per heavy atom. The average Bonchev–Trinajstić information content (AvgIpc) is 2.66. The molecule has 0 radical (unpaired) electrons. The highest BCUT2D eigenvalue weighted by molar-refractivity contribution is 6.09. The van der Waals surface area contributed by atoms with E-state index in [0.717, 1.165) is 22.4 Å². The summed E-state index contributed by atoms with van der Waals surface area (Å²) in [5.41, 5.74) is 4.08. The third-order valence-electron chi connectivity index (χ3n) is 4.68. The Bertz CT molecular complexity index is 938. The summed E-state index contributed by atoms with van der Waals surface area (Å²) in [6.07, 6.45) is 3.30. The van der Waals surface area contributed by atoms with Crippen LogP contribution in [0.4, 0.5) is 11.4 Å². The van der Waals surface area contributed by atoms with Gasteiger partial charge in [-0.15, -0.1) is 0 Å². The van der Waals surface area contributed by atoms with Gasteiger partial charge >= 0.3 is 0 Å². The second-order valence-corrected chi connectivity index (χ2v) is 6.69. The first-order valence-electron chi connectivity index (χ1n) is 8.51. The number of nitrogens with zero attached hydrogens (tertiary/aromatic N) is 3. The highest BCUT2D eigenvalue weighted by Gasteiger charge is 2.30. The number of nitrogens with one attached hydrogen (secondary N) is 1. The van der Waals surface area contributed by atoms with Gasteiger partial charge in [0.2, 0.25) is 0 Å². The molecule has 0 saturated carbocycles. The number of amides is 1. The molecule has 2 aromatic carbocycles. The molecule has 3 aromatic rings. The molecule has 0 aliphatic carbocycles.